The maximum absolute atomic E-state index is 12.9. The van der Waals surface area contributed by atoms with Crippen LogP contribution in [0.25, 0.3) is 0 Å². The number of nitrogens with one attached hydrogen (secondary N) is 1. The fraction of sp³-hybridized carbons (Fsp3) is 0.467. The van der Waals surface area contributed by atoms with Crippen molar-refractivity contribution in [2.75, 3.05) is 13.2 Å². The number of pyridine rings is 1. The Bertz CT molecular complexity index is 520. The number of nitrogens with zero attached hydrogens (tertiary/aromatic N) is 1. The van der Waals surface area contributed by atoms with E-state index in [1.54, 1.807) is 31.3 Å². The number of aryl methyl sites for hydroxylation is 1. The summed E-state index contributed by atoms with van der Waals surface area (Å²) in [5.41, 5.74) is -2.52. The van der Waals surface area contributed by atoms with Crippen molar-refractivity contribution in [1.29, 1.82) is 0 Å². The van der Waals surface area contributed by atoms with Crippen LogP contribution in [-0.2, 0) is 16.0 Å². The highest BCUT2D eigenvalue weighted by molar-refractivity contribution is 5.76. The van der Waals surface area contributed by atoms with E-state index in [1.807, 2.05) is 0 Å². The zero-order valence-electron chi connectivity index (χ0n) is 12.6. The Hall–Kier alpha value is -2.09. The van der Waals surface area contributed by atoms with E-state index in [0.29, 0.717) is 18.2 Å². The molecule has 1 aromatic heterocycles. The fourth-order valence-electron chi connectivity index (χ4n) is 1.62. The van der Waals surface area contributed by atoms with E-state index in [2.05, 4.69) is 15.0 Å². The lowest BCUT2D eigenvalue weighted by Gasteiger charge is -2.27. The Balaban J connectivity index is 2.55. The van der Waals surface area contributed by atoms with Crippen LogP contribution in [0, 0.1) is 0 Å². The molecule has 0 saturated carbocycles. The molecule has 23 heavy (non-hydrogen) atoms. The average molecular weight is 332 g/mol. The molecule has 0 saturated heterocycles. The van der Waals surface area contributed by atoms with Crippen LogP contribution >= 0.6 is 0 Å². The molecule has 0 aliphatic rings. The zero-order valence-corrected chi connectivity index (χ0v) is 12.6. The lowest BCUT2D eigenvalue weighted by molar-refractivity contribution is -0.237. The van der Waals surface area contributed by atoms with Gasteiger partial charge in [0.1, 0.15) is 0 Å². The van der Waals surface area contributed by atoms with Gasteiger partial charge in [0.05, 0.1) is 19.4 Å². The summed E-state index contributed by atoms with van der Waals surface area (Å²) in [5.74, 6) is -0.608. The lowest BCUT2D eigenvalue weighted by Crippen LogP contribution is -2.52. The highest BCUT2D eigenvalue weighted by Crippen LogP contribution is 2.31. The highest BCUT2D eigenvalue weighted by atomic mass is 19.4. The van der Waals surface area contributed by atoms with E-state index >= 15 is 0 Å². The van der Waals surface area contributed by atoms with Crippen molar-refractivity contribution < 1.29 is 27.8 Å². The van der Waals surface area contributed by atoms with Crippen LogP contribution in [0.3, 0.4) is 0 Å². The van der Waals surface area contributed by atoms with Gasteiger partial charge < -0.3 is 15.2 Å². The Kier molecular flexibility index (Phi) is 7.02. The standard InChI is InChI=1S/C15H19F3N2O3/c1-2-23-10-8-14(22,15(16,17)18)11-20-13(21)7-6-12-5-3-4-9-19-12/h3-5,8-10,22H,2,6-7,11H2,1H3,(H,20,21). The molecule has 1 aromatic rings. The van der Waals surface area contributed by atoms with Gasteiger partial charge in [-0.25, -0.2) is 0 Å². The van der Waals surface area contributed by atoms with Gasteiger partial charge in [0.25, 0.3) is 0 Å². The minimum atomic E-state index is -4.94. The first kappa shape index (κ1) is 19.0. The SMILES string of the molecule is CCOC=CC(O)(CNC(=O)CCc1ccccn1)C(F)(F)F. The predicted octanol–water partition coefficient (Wildman–Crippen LogP) is 1.97. The maximum Gasteiger partial charge on any atom is 0.422 e. The summed E-state index contributed by atoms with van der Waals surface area (Å²) in [4.78, 5) is 15.7. The number of hydrogen-bond acceptors (Lipinski definition) is 4. The number of rotatable bonds is 8. The molecule has 0 radical (unpaired) electrons. The van der Waals surface area contributed by atoms with E-state index in [1.165, 1.54) is 0 Å². The third kappa shape index (κ3) is 6.27. The molecule has 1 unspecified atom stereocenters. The van der Waals surface area contributed by atoms with E-state index in [4.69, 9.17) is 0 Å². The first-order valence-electron chi connectivity index (χ1n) is 7.03. The highest BCUT2D eigenvalue weighted by Gasteiger charge is 2.52. The number of carbonyl (C=O) groups is 1. The molecular weight excluding hydrogens is 313 g/mol. The van der Waals surface area contributed by atoms with Crippen molar-refractivity contribution in [3.63, 3.8) is 0 Å². The molecule has 0 fully saturated rings. The second kappa shape index (κ2) is 8.52. The Morgan fingerprint density at radius 3 is 2.74 bits per heavy atom. The van der Waals surface area contributed by atoms with Crippen LogP contribution in [0.15, 0.2) is 36.7 Å². The molecule has 1 heterocycles. The molecule has 5 nitrogen and oxygen atoms in total. The summed E-state index contributed by atoms with van der Waals surface area (Å²) in [6.45, 7) is 0.776. The third-order valence-electron chi connectivity index (χ3n) is 2.99. The Labute approximate surface area is 132 Å². The number of halogens is 3. The average Bonchev–Trinajstić information content (AvgIpc) is 2.51. The Morgan fingerprint density at radius 2 is 2.17 bits per heavy atom. The zero-order chi connectivity index (χ0) is 17.3. The number of alkyl halides is 3. The number of carbonyl (C=O) groups excluding carboxylic acids is 1. The van der Waals surface area contributed by atoms with Crippen molar-refractivity contribution in [2.45, 2.75) is 31.5 Å². The van der Waals surface area contributed by atoms with Gasteiger partial charge in [-0.1, -0.05) is 6.07 Å². The number of hydrogen-bond donors (Lipinski definition) is 2. The molecule has 8 heteroatoms. The van der Waals surface area contributed by atoms with Gasteiger partial charge in [0, 0.05) is 18.3 Å². The minimum Gasteiger partial charge on any atom is -0.502 e. The van der Waals surface area contributed by atoms with Crippen LogP contribution in [0.2, 0.25) is 0 Å². The summed E-state index contributed by atoms with van der Waals surface area (Å²) >= 11 is 0. The summed E-state index contributed by atoms with van der Waals surface area (Å²) in [5, 5.41) is 11.8. The maximum atomic E-state index is 12.9. The van der Waals surface area contributed by atoms with Crippen molar-refractivity contribution >= 4 is 5.91 Å². The molecule has 2 N–H and O–H groups in total. The molecule has 0 aliphatic heterocycles. The van der Waals surface area contributed by atoms with Gasteiger partial charge in [-0.05, 0) is 31.6 Å². The van der Waals surface area contributed by atoms with Crippen LogP contribution in [0.1, 0.15) is 19.0 Å². The topological polar surface area (TPSA) is 71.5 Å². The van der Waals surface area contributed by atoms with Crippen molar-refractivity contribution in [1.82, 2.24) is 10.3 Å². The second-order valence-corrected chi connectivity index (χ2v) is 4.78. The molecule has 1 amide bonds. The number of aromatic nitrogens is 1. The fourth-order valence-corrected chi connectivity index (χ4v) is 1.62. The summed E-state index contributed by atoms with van der Waals surface area (Å²) in [6.07, 6.45) is -1.85. The van der Waals surface area contributed by atoms with Crippen molar-refractivity contribution in [3.05, 3.63) is 42.4 Å². The van der Waals surface area contributed by atoms with Gasteiger partial charge in [0.15, 0.2) is 5.60 Å². The molecule has 0 spiro atoms. The first-order chi connectivity index (χ1) is 10.8. The Morgan fingerprint density at radius 1 is 1.43 bits per heavy atom. The van der Waals surface area contributed by atoms with Crippen LogP contribution in [0.4, 0.5) is 13.2 Å². The van der Waals surface area contributed by atoms with E-state index in [9.17, 15) is 23.1 Å². The predicted molar refractivity (Wildman–Crippen MR) is 77.3 cm³/mol. The largest absolute Gasteiger partial charge is 0.502 e. The normalized spacial score (nSPS) is 14.5. The van der Waals surface area contributed by atoms with Crippen LogP contribution < -0.4 is 5.32 Å². The first-order valence-corrected chi connectivity index (χ1v) is 7.03. The van der Waals surface area contributed by atoms with Gasteiger partial charge in [-0.2, -0.15) is 13.2 Å². The molecule has 0 bridgehead atoms. The van der Waals surface area contributed by atoms with E-state index < -0.39 is 24.2 Å². The molecule has 128 valence electrons. The van der Waals surface area contributed by atoms with Crippen LogP contribution in [-0.4, -0.2) is 40.9 Å². The van der Waals surface area contributed by atoms with E-state index in [-0.39, 0.29) is 13.0 Å². The van der Waals surface area contributed by atoms with Crippen molar-refractivity contribution in [3.8, 4) is 0 Å². The lowest BCUT2D eigenvalue weighted by atomic mass is 10.0. The van der Waals surface area contributed by atoms with Gasteiger partial charge in [-0.15, -0.1) is 0 Å². The summed E-state index contributed by atoms with van der Waals surface area (Å²) in [6, 6.07) is 5.18. The summed E-state index contributed by atoms with van der Waals surface area (Å²) in [7, 11) is 0. The van der Waals surface area contributed by atoms with E-state index in [0.717, 1.165) is 6.26 Å². The monoisotopic (exact) mass is 332 g/mol. The van der Waals surface area contributed by atoms with Gasteiger partial charge in [-0.3, -0.25) is 9.78 Å². The molecule has 1 rings (SSSR count). The molecule has 1 atom stereocenters. The molecule has 0 aromatic carbocycles. The number of aliphatic hydroxyl groups is 1. The van der Waals surface area contributed by atoms with Crippen molar-refractivity contribution in [2.24, 2.45) is 0 Å². The number of ether oxygens (including phenoxy) is 1. The van der Waals surface area contributed by atoms with Crippen LogP contribution in [0.5, 0.6) is 0 Å². The molecule has 0 aliphatic carbocycles. The van der Waals surface area contributed by atoms with Gasteiger partial charge in [0.2, 0.25) is 5.91 Å². The number of amides is 1. The minimum absolute atomic E-state index is 0.0277. The quantitative estimate of drug-likeness (QED) is 0.714. The third-order valence-corrected chi connectivity index (χ3v) is 2.99. The smallest absolute Gasteiger partial charge is 0.422 e. The second-order valence-electron chi connectivity index (χ2n) is 4.78. The summed E-state index contributed by atoms with van der Waals surface area (Å²) < 4.78 is 43.4. The molecular formula is C15H19F3N2O3. The van der Waals surface area contributed by atoms with Gasteiger partial charge >= 0.3 is 6.18 Å².